The summed E-state index contributed by atoms with van der Waals surface area (Å²) in [4.78, 5) is 4.16. The first kappa shape index (κ1) is 9.40. The van der Waals surface area contributed by atoms with Crippen molar-refractivity contribution in [2.75, 3.05) is 5.32 Å². The van der Waals surface area contributed by atoms with Crippen molar-refractivity contribution in [1.82, 2.24) is 4.98 Å². The molecule has 3 rings (SSSR count). The number of anilines is 1. The van der Waals surface area contributed by atoms with Crippen molar-refractivity contribution in [1.29, 1.82) is 0 Å². The van der Waals surface area contributed by atoms with Crippen LogP contribution in [-0.2, 0) is 6.42 Å². The van der Waals surface area contributed by atoms with Crippen LogP contribution in [0.4, 0.5) is 5.69 Å². The highest BCUT2D eigenvalue weighted by molar-refractivity contribution is 5.53. The van der Waals surface area contributed by atoms with Gasteiger partial charge in [-0.25, -0.2) is 0 Å². The van der Waals surface area contributed by atoms with E-state index < -0.39 is 0 Å². The van der Waals surface area contributed by atoms with Crippen LogP contribution in [0.1, 0.15) is 23.6 Å². The Morgan fingerprint density at radius 2 is 2.00 bits per heavy atom. The zero-order valence-corrected chi connectivity index (χ0v) is 9.06. The summed E-state index contributed by atoms with van der Waals surface area (Å²) in [6.07, 6.45) is 6.07. The highest BCUT2D eigenvalue weighted by atomic mass is 14.9. The van der Waals surface area contributed by atoms with Gasteiger partial charge >= 0.3 is 0 Å². The predicted molar refractivity (Wildman–Crippen MR) is 65.4 cm³/mol. The molecule has 1 N–H and O–H groups in total. The second kappa shape index (κ2) is 3.97. The molecule has 1 aromatic heterocycles. The maximum absolute atomic E-state index is 4.16. The zero-order chi connectivity index (χ0) is 10.8. The molecule has 1 atom stereocenters. The Labute approximate surface area is 95.3 Å². The molecule has 0 amide bonds. The third-order valence-corrected chi connectivity index (χ3v) is 3.15. The van der Waals surface area contributed by atoms with E-state index in [-0.39, 0.29) is 0 Å². The van der Waals surface area contributed by atoms with Gasteiger partial charge in [0.05, 0.1) is 17.9 Å². The van der Waals surface area contributed by atoms with E-state index in [1.807, 2.05) is 12.4 Å². The van der Waals surface area contributed by atoms with E-state index in [0.717, 1.165) is 12.8 Å². The smallest absolute Gasteiger partial charge is 0.0564 e. The molecule has 0 fully saturated rings. The summed E-state index contributed by atoms with van der Waals surface area (Å²) >= 11 is 0. The number of nitrogens with zero attached hydrogens (tertiary/aromatic N) is 1. The van der Waals surface area contributed by atoms with Crippen LogP contribution in [0.25, 0.3) is 0 Å². The maximum Gasteiger partial charge on any atom is 0.0564 e. The minimum absolute atomic E-state index is 0.429. The van der Waals surface area contributed by atoms with Gasteiger partial charge < -0.3 is 5.32 Å². The van der Waals surface area contributed by atoms with E-state index in [9.17, 15) is 0 Å². The first-order valence-corrected chi connectivity index (χ1v) is 5.68. The van der Waals surface area contributed by atoms with Crippen LogP contribution in [0.3, 0.4) is 0 Å². The zero-order valence-electron chi connectivity index (χ0n) is 9.06. The molecule has 0 spiro atoms. The van der Waals surface area contributed by atoms with Crippen LogP contribution in [0.15, 0.2) is 48.8 Å². The van der Waals surface area contributed by atoms with Gasteiger partial charge in [-0.15, -0.1) is 0 Å². The highest BCUT2D eigenvalue weighted by Crippen LogP contribution is 2.31. The number of aryl methyl sites for hydroxylation is 1. The molecule has 1 unspecified atom stereocenters. The number of aromatic nitrogens is 1. The highest BCUT2D eigenvalue weighted by Gasteiger charge is 2.18. The SMILES string of the molecule is c1ccc(C2CCc3ccncc3N2)cc1. The van der Waals surface area contributed by atoms with Crippen molar-refractivity contribution in [3.05, 3.63) is 59.9 Å². The number of pyridine rings is 1. The topological polar surface area (TPSA) is 24.9 Å². The molecule has 1 aliphatic heterocycles. The van der Waals surface area contributed by atoms with E-state index in [1.165, 1.54) is 16.8 Å². The molecule has 1 aliphatic rings. The van der Waals surface area contributed by atoms with Crippen LogP contribution in [0, 0.1) is 0 Å². The molecule has 0 radical (unpaired) electrons. The Morgan fingerprint density at radius 3 is 2.88 bits per heavy atom. The molecule has 80 valence electrons. The first-order valence-electron chi connectivity index (χ1n) is 5.68. The van der Waals surface area contributed by atoms with Gasteiger partial charge in [0.15, 0.2) is 0 Å². The standard InChI is InChI=1S/C14H14N2/c1-2-4-11(5-3-1)13-7-6-12-8-9-15-10-14(12)16-13/h1-5,8-10,13,16H,6-7H2. The van der Waals surface area contributed by atoms with Crippen molar-refractivity contribution in [3.63, 3.8) is 0 Å². The van der Waals surface area contributed by atoms with Crippen molar-refractivity contribution in [3.8, 4) is 0 Å². The fourth-order valence-corrected chi connectivity index (χ4v) is 2.27. The lowest BCUT2D eigenvalue weighted by Crippen LogP contribution is -2.17. The lowest BCUT2D eigenvalue weighted by Gasteiger charge is -2.26. The molecule has 0 bridgehead atoms. The monoisotopic (exact) mass is 210 g/mol. The second-order valence-corrected chi connectivity index (χ2v) is 4.18. The van der Waals surface area contributed by atoms with Gasteiger partial charge in [0.1, 0.15) is 0 Å². The minimum atomic E-state index is 0.429. The Hall–Kier alpha value is -1.83. The summed E-state index contributed by atoms with van der Waals surface area (Å²) in [5, 5.41) is 3.55. The normalized spacial score (nSPS) is 18.6. The van der Waals surface area contributed by atoms with Gasteiger partial charge in [0.2, 0.25) is 0 Å². The Kier molecular flexibility index (Phi) is 2.33. The summed E-state index contributed by atoms with van der Waals surface area (Å²) in [7, 11) is 0. The van der Waals surface area contributed by atoms with Gasteiger partial charge in [-0.1, -0.05) is 30.3 Å². The van der Waals surface area contributed by atoms with E-state index in [2.05, 4.69) is 46.7 Å². The molecule has 2 nitrogen and oxygen atoms in total. The van der Waals surface area contributed by atoms with Gasteiger partial charge in [-0.3, -0.25) is 4.98 Å². The molecule has 0 saturated carbocycles. The van der Waals surface area contributed by atoms with Gasteiger partial charge in [-0.2, -0.15) is 0 Å². The van der Waals surface area contributed by atoms with Crippen molar-refractivity contribution in [2.24, 2.45) is 0 Å². The molecule has 2 aromatic rings. The van der Waals surface area contributed by atoms with E-state index in [4.69, 9.17) is 0 Å². The van der Waals surface area contributed by atoms with E-state index in [1.54, 1.807) is 0 Å². The molecular formula is C14H14N2. The Bertz CT molecular complexity index is 479. The van der Waals surface area contributed by atoms with Crippen molar-refractivity contribution in [2.45, 2.75) is 18.9 Å². The predicted octanol–water partition coefficient (Wildman–Crippen LogP) is 3.18. The molecular weight excluding hydrogens is 196 g/mol. The van der Waals surface area contributed by atoms with Crippen molar-refractivity contribution < 1.29 is 0 Å². The minimum Gasteiger partial charge on any atom is -0.377 e. The Balaban J connectivity index is 1.89. The third kappa shape index (κ3) is 1.67. The molecule has 2 heterocycles. The molecule has 0 saturated heterocycles. The number of nitrogens with one attached hydrogen (secondary N) is 1. The number of hydrogen-bond acceptors (Lipinski definition) is 2. The number of fused-ring (bicyclic) bond motifs is 1. The number of hydrogen-bond donors (Lipinski definition) is 1. The van der Waals surface area contributed by atoms with E-state index in [0.29, 0.717) is 6.04 Å². The molecule has 1 aromatic carbocycles. The quantitative estimate of drug-likeness (QED) is 0.782. The summed E-state index contributed by atoms with van der Waals surface area (Å²) in [6.45, 7) is 0. The Morgan fingerprint density at radius 1 is 1.12 bits per heavy atom. The average molecular weight is 210 g/mol. The van der Waals surface area contributed by atoms with Crippen LogP contribution in [0.5, 0.6) is 0 Å². The van der Waals surface area contributed by atoms with Gasteiger partial charge in [0.25, 0.3) is 0 Å². The lowest BCUT2D eigenvalue weighted by atomic mass is 9.94. The third-order valence-electron chi connectivity index (χ3n) is 3.15. The van der Waals surface area contributed by atoms with Crippen molar-refractivity contribution >= 4 is 5.69 Å². The van der Waals surface area contributed by atoms with Crippen LogP contribution < -0.4 is 5.32 Å². The first-order chi connectivity index (χ1) is 7.93. The van der Waals surface area contributed by atoms with E-state index >= 15 is 0 Å². The fraction of sp³-hybridized carbons (Fsp3) is 0.214. The number of rotatable bonds is 1. The van der Waals surface area contributed by atoms with Crippen LogP contribution in [0.2, 0.25) is 0 Å². The average Bonchev–Trinajstić information content (AvgIpc) is 2.39. The van der Waals surface area contributed by atoms with Gasteiger partial charge in [0, 0.05) is 6.20 Å². The molecule has 2 heteroatoms. The summed E-state index contributed by atoms with van der Waals surface area (Å²) in [6, 6.07) is 13.1. The fourth-order valence-electron chi connectivity index (χ4n) is 2.27. The molecule has 16 heavy (non-hydrogen) atoms. The van der Waals surface area contributed by atoms with Gasteiger partial charge in [-0.05, 0) is 30.0 Å². The summed E-state index contributed by atoms with van der Waals surface area (Å²) in [5.41, 5.74) is 3.92. The number of benzene rings is 1. The maximum atomic E-state index is 4.16. The molecule has 0 aliphatic carbocycles. The lowest BCUT2D eigenvalue weighted by molar-refractivity contribution is 0.666. The largest absolute Gasteiger partial charge is 0.377 e. The summed E-state index contributed by atoms with van der Waals surface area (Å²) in [5.74, 6) is 0. The van der Waals surface area contributed by atoms with Crippen LogP contribution in [-0.4, -0.2) is 4.98 Å². The second-order valence-electron chi connectivity index (χ2n) is 4.18. The summed E-state index contributed by atoms with van der Waals surface area (Å²) < 4.78 is 0. The van der Waals surface area contributed by atoms with Crippen LogP contribution >= 0.6 is 0 Å².